The molecule has 1 unspecified atom stereocenters. The van der Waals surface area contributed by atoms with Crippen LogP contribution in [0.1, 0.15) is 16.8 Å². The highest BCUT2D eigenvalue weighted by Crippen LogP contribution is 2.19. The fraction of sp³-hybridized carbons (Fsp3) is 0.385. The molecule has 0 spiro atoms. The first-order chi connectivity index (χ1) is 8.78. The van der Waals surface area contributed by atoms with E-state index in [1.807, 2.05) is 12.1 Å². The smallest absolute Gasteiger partial charge is 0.253 e. The number of benzene rings is 1. The summed E-state index contributed by atoms with van der Waals surface area (Å²) in [4.78, 5) is 21.2. The van der Waals surface area contributed by atoms with Crippen molar-refractivity contribution in [1.82, 2.24) is 14.9 Å². The van der Waals surface area contributed by atoms with Gasteiger partial charge in [0.15, 0.2) is 0 Å². The molecule has 94 valence electrons. The topological polar surface area (TPSA) is 69.2 Å². The van der Waals surface area contributed by atoms with E-state index in [1.165, 1.54) is 0 Å². The number of nitrogens with one attached hydrogen (secondary N) is 1. The van der Waals surface area contributed by atoms with Gasteiger partial charge in [-0.3, -0.25) is 4.79 Å². The van der Waals surface area contributed by atoms with Gasteiger partial charge >= 0.3 is 0 Å². The van der Waals surface area contributed by atoms with E-state index >= 15 is 0 Å². The third kappa shape index (κ3) is 1.86. The Kier molecular flexibility index (Phi) is 2.76. The third-order valence-corrected chi connectivity index (χ3v) is 3.50. The second-order valence-electron chi connectivity index (χ2n) is 4.72. The summed E-state index contributed by atoms with van der Waals surface area (Å²) in [5.74, 6) is 0.257. The van der Waals surface area contributed by atoms with Crippen molar-refractivity contribution in [1.29, 1.82) is 0 Å². The summed E-state index contributed by atoms with van der Waals surface area (Å²) in [5.41, 5.74) is 2.41. The molecule has 1 aliphatic heterocycles. The standard InChI is InChI=1S/C13H15N3O2/c17-7-9-3-4-16(6-9)13(18)10-1-2-11-12(5-10)15-8-14-11/h1-2,5,8-9,17H,3-4,6-7H2,(H,14,15). The van der Waals surface area contributed by atoms with E-state index < -0.39 is 0 Å². The van der Waals surface area contributed by atoms with Crippen molar-refractivity contribution in [2.75, 3.05) is 19.7 Å². The Hall–Kier alpha value is -1.88. The molecule has 1 fully saturated rings. The first kappa shape index (κ1) is 11.2. The van der Waals surface area contributed by atoms with Crippen LogP contribution in [0.2, 0.25) is 0 Å². The highest BCUT2D eigenvalue weighted by molar-refractivity contribution is 5.97. The summed E-state index contributed by atoms with van der Waals surface area (Å²) in [7, 11) is 0. The van der Waals surface area contributed by atoms with Crippen molar-refractivity contribution in [3.8, 4) is 0 Å². The van der Waals surface area contributed by atoms with E-state index in [9.17, 15) is 4.79 Å². The second kappa shape index (κ2) is 4.42. The number of hydrogen-bond donors (Lipinski definition) is 2. The summed E-state index contributed by atoms with van der Waals surface area (Å²) in [5, 5.41) is 9.10. The fourth-order valence-electron chi connectivity index (χ4n) is 2.42. The number of aliphatic hydroxyl groups excluding tert-OH is 1. The van der Waals surface area contributed by atoms with Gasteiger partial charge in [0.2, 0.25) is 0 Å². The molecule has 0 bridgehead atoms. The largest absolute Gasteiger partial charge is 0.396 e. The Balaban J connectivity index is 1.83. The molecule has 5 nitrogen and oxygen atoms in total. The highest BCUT2D eigenvalue weighted by atomic mass is 16.3. The number of likely N-dealkylation sites (tertiary alicyclic amines) is 1. The molecule has 0 radical (unpaired) electrons. The molecule has 1 amide bonds. The Morgan fingerprint density at radius 3 is 3.22 bits per heavy atom. The van der Waals surface area contributed by atoms with Crippen LogP contribution >= 0.6 is 0 Å². The molecule has 1 aromatic carbocycles. The SMILES string of the molecule is O=C(c1ccc2nc[nH]c2c1)N1CCC(CO)C1. The third-order valence-electron chi connectivity index (χ3n) is 3.50. The van der Waals surface area contributed by atoms with Crippen molar-refractivity contribution in [2.45, 2.75) is 6.42 Å². The second-order valence-corrected chi connectivity index (χ2v) is 4.72. The summed E-state index contributed by atoms with van der Waals surface area (Å²) in [6.45, 7) is 1.53. The van der Waals surface area contributed by atoms with Crippen molar-refractivity contribution in [3.05, 3.63) is 30.1 Å². The van der Waals surface area contributed by atoms with Crippen LogP contribution in [0.4, 0.5) is 0 Å². The molecule has 3 rings (SSSR count). The monoisotopic (exact) mass is 245 g/mol. The number of carbonyl (C=O) groups excluding carboxylic acids is 1. The molecule has 2 heterocycles. The van der Waals surface area contributed by atoms with Crippen LogP contribution in [0, 0.1) is 5.92 Å². The molecule has 1 atom stereocenters. The average molecular weight is 245 g/mol. The van der Waals surface area contributed by atoms with Gasteiger partial charge in [-0.2, -0.15) is 0 Å². The van der Waals surface area contributed by atoms with Gasteiger partial charge < -0.3 is 15.0 Å². The van der Waals surface area contributed by atoms with E-state index in [4.69, 9.17) is 5.11 Å². The number of fused-ring (bicyclic) bond motifs is 1. The number of H-pyrrole nitrogens is 1. The molecule has 2 aromatic rings. The zero-order valence-electron chi connectivity index (χ0n) is 9.97. The van der Waals surface area contributed by atoms with Gasteiger partial charge in [-0.05, 0) is 24.6 Å². The molecular weight excluding hydrogens is 230 g/mol. The van der Waals surface area contributed by atoms with Crippen LogP contribution in [-0.4, -0.2) is 45.6 Å². The van der Waals surface area contributed by atoms with E-state index in [2.05, 4.69) is 9.97 Å². The fourth-order valence-corrected chi connectivity index (χ4v) is 2.42. The van der Waals surface area contributed by atoms with Crippen LogP contribution in [0.25, 0.3) is 11.0 Å². The van der Waals surface area contributed by atoms with Gasteiger partial charge in [0, 0.05) is 31.2 Å². The zero-order valence-corrected chi connectivity index (χ0v) is 9.97. The van der Waals surface area contributed by atoms with Gasteiger partial charge in [-0.25, -0.2) is 4.98 Å². The Labute approximate surface area is 104 Å². The van der Waals surface area contributed by atoms with Crippen molar-refractivity contribution < 1.29 is 9.90 Å². The molecule has 2 N–H and O–H groups in total. The number of hydrogen-bond acceptors (Lipinski definition) is 3. The lowest BCUT2D eigenvalue weighted by Gasteiger charge is -2.16. The lowest BCUT2D eigenvalue weighted by atomic mass is 10.1. The lowest BCUT2D eigenvalue weighted by Crippen LogP contribution is -2.29. The normalized spacial score (nSPS) is 19.6. The van der Waals surface area contributed by atoms with Gasteiger partial charge in [0.1, 0.15) is 0 Å². The molecule has 0 saturated carbocycles. The Morgan fingerprint density at radius 1 is 1.56 bits per heavy atom. The number of aliphatic hydroxyl groups is 1. The number of imidazole rings is 1. The summed E-state index contributed by atoms with van der Waals surface area (Å²) >= 11 is 0. The summed E-state index contributed by atoms with van der Waals surface area (Å²) < 4.78 is 0. The van der Waals surface area contributed by atoms with Crippen molar-refractivity contribution in [2.24, 2.45) is 5.92 Å². The summed E-state index contributed by atoms with van der Waals surface area (Å²) in [6.07, 6.45) is 2.51. The number of aromatic nitrogens is 2. The number of aromatic amines is 1. The maximum Gasteiger partial charge on any atom is 0.253 e. The van der Waals surface area contributed by atoms with Crippen LogP contribution in [0.3, 0.4) is 0 Å². The van der Waals surface area contributed by atoms with E-state index in [0.717, 1.165) is 24.0 Å². The van der Waals surface area contributed by atoms with Crippen molar-refractivity contribution in [3.63, 3.8) is 0 Å². The Bertz CT molecular complexity index is 578. The van der Waals surface area contributed by atoms with Crippen molar-refractivity contribution >= 4 is 16.9 Å². The number of amides is 1. The van der Waals surface area contributed by atoms with Crippen LogP contribution in [-0.2, 0) is 0 Å². The maximum absolute atomic E-state index is 12.3. The van der Waals surface area contributed by atoms with Crippen LogP contribution in [0.15, 0.2) is 24.5 Å². The number of carbonyl (C=O) groups is 1. The van der Waals surface area contributed by atoms with Gasteiger partial charge in [0.25, 0.3) is 5.91 Å². The molecule has 18 heavy (non-hydrogen) atoms. The highest BCUT2D eigenvalue weighted by Gasteiger charge is 2.26. The molecule has 1 aliphatic rings. The molecule has 1 saturated heterocycles. The van der Waals surface area contributed by atoms with Crippen LogP contribution < -0.4 is 0 Å². The quantitative estimate of drug-likeness (QED) is 0.830. The Morgan fingerprint density at radius 2 is 2.44 bits per heavy atom. The molecule has 0 aliphatic carbocycles. The predicted octanol–water partition coefficient (Wildman–Crippen LogP) is 1.02. The first-order valence-electron chi connectivity index (χ1n) is 6.11. The summed E-state index contributed by atoms with van der Waals surface area (Å²) in [6, 6.07) is 5.48. The first-order valence-corrected chi connectivity index (χ1v) is 6.11. The minimum absolute atomic E-state index is 0.0300. The van der Waals surface area contributed by atoms with Gasteiger partial charge in [0.05, 0.1) is 17.4 Å². The average Bonchev–Trinajstić information content (AvgIpc) is 3.05. The molecule has 5 heteroatoms. The lowest BCUT2D eigenvalue weighted by molar-refractivity contribution is 0.0782. The van der Waals surface area contributed by atoms with Gasteiger partial charge in [-0.15, -0.1) is 0 Å². The molecule has 1 aromatic heterocycles. The van der Waals surface area contributed by atoms with E-state index in [0.29, 0.717) is 12.1 Å². The number of nitrogens with zero attached hydrogens (tertiary/aromatic N) is 2. The van der Waals surface area contributed by atoms with Crippen LogP contribution in [0.5, 0.6) is 0 Å². The maximum atomic E-state index is 12.3. The molecular formula is C13H15N3O2. The minimum Gasteiger partial charge on any atom is -0.396 e. The minimum atomic E-state index is 0.0300. The number of rotatable bonds is 2. The predicted molar refractivity (Wildman–Crippen MR) is 67.2 cm³/mol. The van der Waals surface area contributed by atoms with E-state index in [1.54, 1.807) is 17.3 Å². The zero-order chi connectivity index (χ0) is 12.5. The van der Waals surface area contributed by atoms with E-state index in [-0.39, 0.29) is 18.4 Å². The van der Waals surface area contributed by atoms with Gasteiger partial charge in [-0.1, -0.05) is 0 Å².